The van der Waals surface area contributed by atoms with Crippen LogP contribution in [-0.2, 0) is 9.53 Å². The molecule has 15 heavy (non-hydrogen) atoms. The lowest BCUT2D eigenvalue weighted by Gasteiger charge is -2.24. The van der Waals surface area contributed by atoms with Crippen molar-refractivity contribution in [3.63, 3.8) is 0 Å². The highest BCUT2D eigenvalue weighted by molar-refractivity contribution is 5.77. The van der Waals surface area contributed by atoms with Crippen molar-refractivity contribution >= 4 is 5.91 Å². The molecule has 0 bridgehead atoms. The van der Waals surface area contributed by atoms with Crippen molar-refractivity contribution in [3.05, 3.63) is 35.1 Å². The van der Waals surface area contributed by atoms with Gasteiger partial charge in [0.05, 0.1) is 0 Å². The normalized spacial score (nSPS) is 21.2. The predicted molar refractivity (Wildman–Crippen MR) is 52.8 cm³/mol. The number of ether oxygens (including phenoxy) is 1. The van der Waals surface area contributed by atoms with Gasteiger partial charge in [0.25, 0.3) is 0 Å². The van der Waals surface area contributed by atoms with Crippen molar-refractivity contribution in [1.82, 2.24) is 5.32 Å². The minimum absolute atomic E-state index is 0.0423. The molecule has 4 heteroatoms. The number of halogens is 1. The van der Waals surface area contributed by atoms with Crippen LogP contribution in [0.25, 0.3) is 0 Å². The minimum Gasteiger partial charge on any atom is -0.362 e. The van der Waals surface area contributed by atoms with Crippen LogP contribution in [0.2, 0.25) is 0 Å². The summed E-state index contributed by atoms with van der Waals surface area (Å²) >= 11 is 0. The van der Waals surface area contributed by atoms with Crippen LogP contribution in [0.4, 0.5) is 4.39 Å². The van der Waals surface area contributed by atoms with Gasteiger partial charge >= 0.3 is 0 Å². The fourth-order valence-corrected chi connectivity index (χ4v) is 1.65. The van der Waals surface area contributed by atoms with Gasteiger partial charge in [-0.25, -0.2) is 4.39 Å². The van der Waals surface area contributed by atoms with Crippen LogP contribution < -0.4 is 5.32 Å². The lowest BCUT2D eigenvalue weighted by Crippen LogP contribution is -2.38. The molecule has 1 aliphatic heterocycles. The summed E-state index contributed by atoms with van der Waals surface area (Å²) in [4.78, 5) is 10.9. The quantitative estimate of drug-likeness (QED) is 0.757. The number of carbonyl (C=O) groups excluding carboxylic acids is 1. The molecule has 80 valence electrons. The maximum atomic E-state index is 13.0. The summed E-state index contributed by atoms with van der Waals surface area (Å²) in [5.41, 5.74) is 1.77. The van der Waals surface area contributed by atoms with Crippen LogP contribution in [0.5, 0.6) is 0 Å². The van der Waals surface area contributed by atoms with Crippen molar-refractivity contribution in [3.8, 4) is 0 Å². The highest BCUT2D eigenvalue weighted by atomic mass is 19.1. The maximum Gasteiger partial charge on any atom is 0.246 e. The van der Waals surface area contributed by atoms with Gasteiger partial charge in [0, 0.05) is 6.54 Å². The summed E-state index contributed by atoms with van der Waals surface area (Å²) in [6.45, 7) is 2.35. The van der Waals surface area contributed by atoms with Crippen molar-refractivity contribution in [2.45, 2.75) is 13.0 Å². The molecule has 1 fully saturated rings. The van der Waals surface area contributed by atoms with E-state index in [-0.39, 0.29) is 24.4 Å². The molecule has 2 rings (SSSR count). The average molecular weight is 209 g/mol. The summed E-state index contributed by atoms with van der Waals surface area (Å²) in [5, 5.41) is 2.69. The molecule has 1 atom stereocenters. The number of aryl methyl sites for hydroxylation is 1. The fourth-order valence-electron chi connectivity index (χ4n) is 1.65. The molecule has 1 unspecified atom stereocenters. The van der Waals surface area contributed by atoms with E-state index in [1.807, 2.05) is 6.92 Å². The van der Waals surface area contributed by atoms with Gasteiger partial charge in [-0.2, -0.15) is 0 Å². The molecule has 3 nitrogen and oxygen atoms in total. The summed E-state index contributed by atoms with van der Waals surface area (Å²) in [6.07, 6.45) is -0.238. The Morgan fingerprint density at radius 2 is 2.33 bits per heavy atom. The van der Waals surface area contributed by atoms with Crippen molar-refractivity contribution in [1.29, 1.82) is 0 Å². The van der Waals surface area contributed by atoms with Crippen molar-refractivity contribution in [2.75, 3.05) is 13.2 Å². The number of rotatable bonds is 1. The Morgan fingerprint density at radius 1 is 1.53 bits per heavy atom. The first-order chi connectivity index (χ1) is 7.16. The molecule has 1 aliphatic rings. The van der Waals surface area contributed by atoms with Crippen LogP contribution in [0.3, 0.4) is 0 Å². The monoisotopic (exact) mass is 209 g/mol. The standard InChI is InChI=1S/C11H12FNO2/c1-7-2-3-8(12)4-9(7)10-5-13-11(14)6-15-10/h2-4,10H,5-6H2,1H3,(H,13,14). The number of carbonyl (C=O) groups is 1. The van der Waals surface area contributed by atoms with E-state index < -0.39 is 0 Å². The topological polar surface area (TPSA) is 38.3 Å². The number of benzene rings is 1. The van der Waals surface area contributed by atoms with Crippen LogP contribution in [0.15, 0.2) is 18.2 Å². The fraction of sp³-hybridized carbons (Fsp3) is 0.364. The Hall–Kier alpha value is -1.42. The summed E-state index contributed by atoms with van der Waals surface area (Å²) < 4.78 is 18.4. The molecule has 1 N–H and O–H groups in total. The largest absolute Gasteiger partial charge is 0.362 e. The third kappa shape index (κ3) is 2.15. The molecule has 0 radical (unpaired) electrons. The molecule has 0 saturated carbocycles. The summed E-state index contributed by atoms with van der Waals surface area (Å²) in [7, 11) is 0. The number of hydrogen-bond donors (Lipinski definition) is 1. The van der Waals surface area contributed by atoms with E-state index in [9.17, 15) is 9.18 Å². The average Bonchev–Trinajstić information content (AvgIpc) is 2.23. The third-order valence-electron chi connectivity index (χ3n) is 2.49. The Labute approximate surface area is 87.2 Å². The molecule has 1 aromatic carbocycles. The van der Waals surface area contributed by atoms with Crippen LogP contribution in [-0.4, -0.2) is 19.1 Å². The number of morpholine rings is 1. The first-order valence-electron chi connectivity index (χ1n) is 4.81. The second-order valence-corrected chi connectivity index (χ2v) is 3.60. The predicted octanol–water partition coefficient (Wildman–Crippen LogP) is 1.32. The highest BCUT2D eigenvalue weighted by Crippen LogP contribution is 2.23. The Kier molecular flexibility index (Phi) is 2.68. The van der Waals surface area contributed by atoms with Crippen LogP contribution >= 0.6 is 0 Å². The molecule has 0 spiro atoms. The molecular formula is C11H12FNO2. The zero-order valence-electron chi connectivity index (χ0n) is 8.42. The van der Waals surface area contributed by atoms with Crippen molar-refractivity contribution < 1.29 is 13.9 Å². The van der Waals surface area contributed by atoms with E-state index >= 15 is 0 Å². The van der Waals surface area contributed by atoms with Gasteiger partial charge in [-0.3, -0.25) is 4.79 Å². The SMILES string of the molecule is Cc1ccc(F)cc1C1CNC(=O)CO1. The second-order valence-electron chi connectivity index (χ2n) is 3.60. The van der Waals surface area contributed by atoms with Crippen molar-refractivity contribution in [2.24, 2.45) is 0 Å². The molecule has 1 amide bonds. The minimum atomic E-state index is -0.281. The molecule has 0 aromatic heterocycles. The van der Waals surface area contributed by atoms with E-state index in [4.69, 9.17) is 4.74 Å². The summed E-state index contributed by atoms with van der Waals surface area (Å²) in [5.74, 6) is -0.406. The third-order valence-corrected chi connectivity index (χ3v) is 2.49. The van der Waals surface area contributed by atoms with E-state index in [1.54, 1.807) is 6.07 Å². The molecule has 1 heterocycles. The van der Waals surface area contributed by atoms with Gasteiger partial charge in [0.2, 0.25) is 5.91 Å². The van der Waals surface area contributed by atoms with Gasteiger partial charge < -0.3 is 10.1 Å². The maximum absolute atomic E-state index is 13.0. The number of nitrogens with one attached hydrogen (secondary N) is 1. The zero-order valence-corrected chi connectivity index (χ0v) is 8.42. The van der Waals surface area contributed by atoms with Gasteiger partial charge in [0.1, 0.15) is 18.5 Å². The van der Waals surface area contributed by atoms with Gasteiger partial charge in [-0.05, 0) is 30.2 Å². The van der Waals surface area contributed by atoms with Gasteiger partial charge in [0.15, 0.2) is 0 Å². The second kappa shape index (κ2) is 3.98. The lowest BCUT2D eigenvalue weighted by molar-refractivity contribution is -0.133. The van der Waals surface area contributed by atoms with E-state index in [2.05, 4.69) is 5.32 Å². The van der Waals surface area contributed by atoms with Gasteiger partial charge in [-0.15, -0.1) is 0 Å². The lowest BCUT2D eigenvalue weighted by atomic mass is 10.0. The van der Waals surface area contributed by atoms with Crippen LogP contribution in [0.1, 0.15) is 17.2 Å². The number of hydrogen-bond acceptors (Lipinski definition) is 2. The molecular weight excluding hydrogens is 197 g/mol. The first-order valence-corrected chi connectivity index (χ1v) is 4.81. The Morgan fingerprint density at radius 3 is 3.00 bits per heavy atom. The first kappa shape index (κ1) is 10.1. The van der Waals surface area contributed by atoms with E-state index in [0.717, 1.165) is 11.1 Å². The zero-order chi connectivity index (χ0) is 10.8. The Bertz CT molecular complexity index is 382. The number of amides is 1. The van der Waals surface area contributed by atoms with E-state index in [0.29, 0.717) is 6.54 Å². The smallest absolute Gasteiger partial charge is 0.246 e. The Balaban J connectivity index is 2.21. The van der Waals surface area contributed by atoms with Crippen LogP contribution in [0, 0.1) is 12.7 Å². The highest BCUT2D eigenvalue weighted by Gasteiger charge is 2.21. The molecule has 1 saturated heterocycles. The molecule has 1 aromatic rings. The molecule has 0 aliphatic carbocycles. The van der Waals surface area contributed by atoms with E-state index in [1.165, 1.54) is 12.1 Å². The summed E-state index contributed by atoms with van der Waals surface area (Å²) in [6, 6.07) is 4.59. The van der Waals surface area contributed by atoms with Gasteiger partial charge in [-0.1, -0.05) is 6.07 Å².